The first kappa shape index (κ1) is 57.6. The quantitative estimate of drug-likeness (QED) is 0.147. The van der Waals surface area contributed by atoms with Gasteiger partial charge in [-0.15, -0.1) is 58.8 Å². The summed E-state index contributed by atoms with van der Waals surface area (Å²) in [6.45, 7) is 3.95. The van der Waals surface area contributed by atoms with Crippen molar-refractivity contribution in [1.82, 2.24) is 68.1 Å². The number of pyridine rings is 2. The van der Waals surface area contributed by atoms with E-state index < -0.39 is 11.6 Å². The van der Waals surface area contributed by atoms with Gasteiger partial charge in [0.2, 0.25) is 11.9 Å². The van der Waals surface area contributed by atoms with E-state index in [0.29, 0.717) is 17.6 Å². The Kier molecular flexibility index (Phi) is 17.2. The molecule has 0 atom stereocenters. The summed E-state index contributed by atoms with van der Waals surface area (Å²) in [6.07, 6.45) is 15.6. The Hall–Kier alpha value is -10.2. The maximum Gasteiger partial charge on any atom is 3.00 e. The molecule has 0 bridgehead atoms. The topological polar surface area (TPSA) is 149 Å². The molecule has 0 aliphatic heterocycles. The van der Waals surface area contributed by atoms with Crippen molar-refractivity contribution in [3.8, 4) is 45.8 Å². The smallest absolute Gasteiger partial charge is 0.448 e. The fraction of sp³-hybridized carbons (Fsp3) is 0.0294. The van der Waals surface area contributed by atoms with Crippen LogP contribution in [0.4, 0.5) is 8.78 Å². The zero-order valence-corrected chi connectivity index (χ0v) is 50.3. The van der Waals surface area contributed by atoms with Crippen LogP contribution < -0.4 is 0 Å². The van der Waals surface area contributed by atoms with Crippen LogP contribution in [0.25, 0.3) is 111 Å². The predicted molar refractivity (Wildman–Crippen MR) is 319 cm³/mol. The third-order valence-electron chi connectivity index (χ3n) is 13.7. The van der Waals surface area contributed by atoms with Crippen molar-refractivity contribution >= 4 is 65.7 Å². The molecule has 0 spiro atoms. The van der Waals surface area contributed by atoms with Crippen molar-refractivity contribution in [1.29, 1.82) is 0 Å². The van der Waals surface area contributed by atoms with E-state index in [1.54, 1.807) is 12.3 Å². The zero-order valence-electron chi connectivity index (χ0n) is 45.5. The van der Waals surface area contributed by atoms with Gasteiger partial charge < -0.3 is 38.2 Å². The Bertz CT molecular complexity index is 4770. The van der Waals surface area contributed by atoms with Crippen LogP contribution in [0.3, 0.4) is 0 Å². The van der Waals surface area contributed by atoms with Gasteiger partial charge in [-0.1, -0.05) is 142 Å². The summed E-state index contributed by atoms with van der Waals surface area (Å²) in [6, 6.07) is 70.4. The van der Waals surface area contributed by atoms with Crippen LogP contribution >= 0.6 is 0 Å². The minimum atomic E-state index is -0.645. The normalized spacial score (nSPS) is 10.8. The second-order valence-electron chi connectivity index (χ2n) is 19.1. The molecule has 0 saturated heterocycles. The van der Waals surface area contributed by atoms with Crippen molar-refractivity contribution in [3.05, 3.63) is 279 Å². The number of rotatable bonds is 6. The van der Waals surface area contributed by atoms with Gasteiger partial charge in [0.15, 0.2) is 0 Å². The average molecular weight is 1480 g/mol. The molecule has 0 saturated carbocycles. The van der Waals surface area contributed by atoms with E-state index in [0.717, 1.165) is 106 Å². The number of para-hydroxylation sites is 6. The zero-order chi connectivity index (χ0) is 56.9. The summed E-state index contributed by atoms with van der Waals surface area (Å²) >= 11 is 0. The molecule has 0 unspecified atom stereocenters. The van der Waals surface area contributed by atoms with Crippen LogP contribution in [0.5, 0.6) is 0 Å². The Labute approximate surface area is 518 Å². The standard InChI is InChI=1S/2C22H12N6.C12H8F2N.C12H10N.2Ir/c2*1-3-7-19-16(5-1)17-10-9-15(27-14-26-18-6-2-4-8-20(18)27)11-21(17)28(19)22-24-12-23-13-25-22;1-8-4-5-15-12(6-8)10-3-2-9(13)7-11(10)14;1-10-7-8-13-12(9-10)11-5-3-2-4-6-11;;/h2*1-8,10-13H;2,4-7H,1H3;2-5,7-9H,1H3;;/q2*-2;2*-1;2*+3. The molecular formula is C68H42F2Ir2N14. The van der Waals surface area contributed by atoms with E-state index in [-0.39, 0.29) is 45.8 Å². The molecule has 0 N–H and O–H groups in total. The molecule has 0 aliphatic rings. The monoisotopic (exact) mass is 1480 g/mol. The van der Waals surface area contributed by atoms with E-state index in [2.05, 4.69) is 136 Å². The molecule has 18 heteroatoms. The molecule has 8 aromatic heterocycles. The number of hydrogen-bond donors (Lipinski definition) is 0. The molecular weight excluding hydrogens is 1440 g/mol. The van der Waals surface area contributed by atoms with Gasteiger partial charge in [-0.05, 0) is 71.3 Å². The second kappa shape index (κ2) is 25.7. The van der Waals surface area contributed by atoms with E-state index in [1.165, 1.54) is 30.9 Å². The molecule has 8 aromatic carbocycles. The van der Waals surface area contributed by atoms with E-state index in [4.69, 9.17) is 0 Å². The summed E-state index contributed by atoms with van der Waals surface area (Å²) < 4.78 is 33.9. The van der Waals surface area contributed by atoms with Crippen molar-refractivity contribution in [3.63, 3.8) is 0 Å². The number of aryl methyl sites for hydroxylation is 2. The van der Waals surface area contributed by atoms with Gasteiger partial charge in [-0.25, -0.2) is 42.0 Å². The molecule has 0 fully saturated rings. The Morgan fingerprint density at radius 3 is 1.36 bits per heavy atom. The van der Waals surface area contributed by atoms with Gasteiger partial charge in [-0.3, -0.25) is 8.78 Å². The van der Waals surface area contributed by atoms with Crippen molar-refractivity contribution in [2.24, 2.45) is 0 Å². The number of hydrogen-bond acceptors (Lipinski definition) is 10. The van der Waals surface area contributed by atoms with Gasteiger partial charge >= 0.3 is 40.2 Å². The first-order valence-corrected chi connectivity index (χ1v) is 26.4. The minimum Gasteiger partial charge on any atom is -0.448 e. The second-order valence-corrected chi connectivity index (χ2v) is 19.1. The maximum absolute atomic E-state index is 13.4. The van der Waals surface area contributed by atoms with Crippen molar-refractivity contribution in [2.75, 3.05) is 0 Å². The van der Waals surface area contributed by atoms with Crippen LogP contribution in [0.15, 0.2) is 220 Å². The van der Waals surface area contributed by atoms with Crippen molar-refractivity contribution in [2.45, 2.75) is 13.8 Å². The summed E-state index contributed by atoms with van der Waals surface area (Å²) in [7, 11) is 0. The van der Waals surface area contributed by atoms with Crippen LogP contribution in [0, 0.1) is 62.4 Å². The molecule has 416 valence electrons. The SMILES string of the molecule is Cc1ccnc(-c2[c-]cc(F)cc2F)c1.Cc1ccnc(-c2[c-]cccc2)c1.[Ir+3].[Ir+3].[c-]1cc2c3ccccc3n(-c3ncncn3)c2cc1-n1[c-]nc2ccccc21.[c-]1cc2c3ccccc3n(-c3ncncn3)c2cc1-n1[c-]nc2ccccc21. The van der Waals surface area contributed by atoms with Gasteiger partial charge in [0, 0.05) is 47.7 Å². The van der Waals surface area contributed by atoms with Gasteiger partial charge in [0.05, 0.1) is 0 Å². The fourth-order valence-electron chi connectivity index (χ4n) is 9.91. The van der Waals surface area contributed by atoms with Crippen LogP contribution in [0.1, 0.15) is 11.1 Å². The minimum absolute atomic E-state index is 0. The molecule has 86 heavy (non-hydrogen) atoms. The van der Waals surface area contributed by atoms with Crippen LogP contribution in [-0.2, 0) is 40.2 Å². The number of fused-ring (bicyclic) bond motifs is 8. The fourth-order valence-corrected chi connectivity index (χ4v) is 9.91. The molecule has 8 heterocycles. The third kappa shape index (κ3) is 11.7. The first-order valence-electron chi connectivity index (χ1n) is 26.4. The summed E-state index contributed by atoms with van der Waals surface area (Å²) in [5, 5.41) is 4.42. The Morgan fingerprint density at radius 2 is 0.872 bits per heavy atom. The van der Waals surface area contributed by atoms with Gasteiger partial charge in [0.1, 0.15) is 25.3 Å². The molecule has 16 rings (SSSR count). The molecule has 0 radical (unpaired) electrons. The maximum atomic E-state index is 13.4. The largest absolute Gasteiger partial charge is 3.00 e. The van der Waals surface area contributed by atoms with Gasteiger partial charge in [-0.2, -0.15) is 35.6 Å². The summed E-state index contributed by atoms with van der Waals surface area (Å²) in [5.74, 6) is -0.118. The summed E-state index contributed by atoms with van der Waals surface area (Å²) in [4.78, 5) is 42.4. The Morgan fingerprint density at radius 1 is 0.407 bits per heavy atom. The molecule has 16 aromatic rings. The van der Waals surface area contributed by atoms with E-state index in [1.807, 2.05) is 153 Å². The third-order valence-corrected chi connectivity index (χ3v) is 13.7. The molecule has 0 aliphatic carbocycles. The predicted octanol–water partition coefficient (Wildman–Crippen LogP) is 13.8. The van der Waals surface area contributed by atoms with Crippen molar-refractivity contribution < 1.29 is 49.0 Å². The number of nitrogens with zero attached hydrogens (tertiary/aromatic N) is 14. The number of aromatic nitrogens is 14. The van der Waals surface area contributed by atoms with Crippen LogP contribution in [-0.4, -0.2) is 68.1 Å². The summed E-state index contributed by atoms with van der Waals surface area (Å²) in [5.41, 5.74) is 14.4. The van der Waals surface area contributed by atoms with Crippen LogP contribution in [0.2, 0.25) is 0 Å². The average Bonchev–Trinajstić information content (AvgIpc) is 1.94. The van der Waals surface area contributed by atoms with E-state index >= 15 is 0 Å². The van der Waals surface area contributed by atoms with E-state index in [9.17, 15) is 8.78 Å². The number of imidazole rings is 2. The van der Waals surface area contributed by atoms with Gasteiger partial charge in [0.25, 0.3) is 0 Å². The molecule has 14 nitrogen and oxygen atoms in total. The number of benzene rings is 8. The first-order chi connectivity index (χ1) is 41.3. The number of halogens is 2. The Balaban J connectivity index is 0.000000124. The molecule has 0 amide bonds.